The Hall–Kier alpha value is -0.760. The fourth-order valence-electron chi connectivity index (χ4n) is 2.51. The van der Waals surface area contributed by atoms with Crippen molar-refractivity contribution in [2.45, 2.75) is 45.0 Å². The van der Waals surface area contributed by atoms with Gasteiger partial charge in [-0.05, 0) is 43.9 Å². The van der Waals surface area contributed by atoms with Gasteiger partial charge in [-0.2, -0.15) is 0 Å². The fraction of sp³-hybridized carbons (Fsp3) is 0.615. The van der Waals surface area contributed by atoms with Gasteiger partial charge < -0.3 is 4.90 Å². The molecule has 2 rings (SSSR count). The van der Waals surface area contributed by atoms with Gasteiger partial charge in [0, 0.05) is 24.2 Å². The molecule has 1 aromatic heterocycles. The Kier molecular flexibility index (Phi) is 3.70. The Morgan fingerprint density at radius 3 is 3.00 bits per heavy atom. The molecule has 1 aliphatic heterocycles. The second-order valence-electron chi connectivity index (χ2n) is 4.51. The van der Waals surface area contributed by atoms with Crippen LogP contribution in [-0.4, -0.2) is 17.6 Å². The second kappa shape index (κ2) is 5.05. The Morgan fingerprint density at radius 1 is 1.50 bits per heavy atom. The number of pyridine rings is 1. The summed E-state index contributed by atoms with van der Waals surface area (Å²) in [6, 6.07) is 4.86. The van der Waals surface area contributed by atoms with E-state index < -0.39 is 0 Å². The summed E-state index contributed by atoms with van der Waals surface area (Å²) < 4.78 is 0. The van der Waals surface area contributed by atoms with Crippen molar-refractivity contribution in [3.8, 4) is 0 Å². The molecule has 0 N–H and O–H groups in total. The quantitative estimate of drug-likeness (QED) is 0.750. The molecule has 2 nitrogen and oxygen atoms in total. The number of nitrogens with zero attached hydrogens (tertiary/aromatic N) is 2. The second-order valence-corrected chi connectivity index (χ2v) is 4.77. The van der Waals surface area contributed by atoms with Crippen molar-refractivity contribution < 1.29 is 0 Å². The lowest BCUT2D eigenvalue weighted by molar-refractivity contribution is 0.640. The minimum atomic E-state index is 0.570. The summed E-state index contributed by atoms with van der Waals surface area (Å²) in [5.74, 6) is 1.68. The summed E-state index contributed by atoms with van der Waals surface area (Å²) in [6.07, 6.45) is 3.78. The van der Waals surface area contributed by atoms with Crippen molar-refractivity contribution in [2.24, 2.45) is 0 Å². The van der Waals surface area contributed by atoms with Crippen molar-refractivity contribution in [1.29, 1.82) is 0 Å². The van der Waals surface area contributed by atoms with Gasteiger partial charge >= 0.3 is 0 Å². The molecule has 1 saturated heterocycles. The predicted octanol–water partition coefficient (Wildman–Crippen LogP) is 3.51. The molecule has 0 aromatic carbocycles. The fourth-order valence-corrected chi connectivity index (χ4v) is 2.66. The molecule has 1 fully saturated rings. The average Bonchev–Trinajstić information content (AvgIpc) is 2.76. The first-order valence-corrected chi connectivity index (χ1v) is 6.58. The van der Waals surface area contributed by atoms with Crippen LogP contribution in [0.4, 0.5) is 5.82 Å². The Balaban J connectivity index is 2.28. The number of hydrogen-bond acceptors (Lipinski definition) is 2. The lowest BCUT2D eigenvalue weighted by atomic mass is 10.1. The van der Waals surface area contributed by atoms with Crippen molar-refractivity contribution in [2.75, 3.05) is 11.4 Å². The summed E-state index contributed by atoms with van der Waals surface area (Å²) in [5, 5.41) is 0. The Labute approximate surface area is 103 Å². The largest absolute Gasteiger partial charge is 0.354 e. The van der Waals surface area contributed by atoms with Crippen LogP contribution in [0, 0.1) is 6.92 Å². The van der Waals surface area contributed by atoms with E-state index >= 15 is 0 Å². The summed E-state index contributed by atoms with van der Waals surface area (Å²) in [6.45, 7) is 5.43. The van der Waals surface area contributed by atoms with Gasteiger partial charge in [-0.15, -0.1) is 11.6 Å². The predicted molar refractivity (Wildman–Crippen MR) is 69.2 cm³/mol. The highest BCUT2D eigenvalue weighted by Gasteiger charge is 2.24. The van der Waals surface area contributed by atoms with Gasteiger partial charge in [-0.1, -0.05) is 6.92 Å². The van der Waals surface area contributed by atoms with Crippen LogP contribution in [0.2, 0.25) is 0 Å². The minimum Gasteiger partial charge on any atom is -0.354 e. The molecule has 0 radical (unpaired) electrons. The van der Waals surface area contributed by atoms with Crippen LogP contribution in [-0.2, 0) is 5.88 Å². The maximum atomic E-state index is 5.90. The van der Waals surface area contributed by atoms with Gasteiger partial charge in [0.05, 0.1) is 0 Å². The number of rotatable bonds is 3. The zero-order valence-electron chi connectivity index (χ0n) is 10.0. The van der Waals surface area contributed by atoms with Gasteiger partial charge in [0.15, 0.2) is 0 Å². The summed E-state index contributed by atoms with van der Waals surface area (Å²) in [7, 11) is 0. The maximum absolute atomic E-state index is 5.90. The molecule has 0 bridgehead atoms. The normalized spacial score (nSPS) is 20.4. The number of halogens is 1. The first-order chi connectivity index (χ1) is 7.74. The maximum Gasteiger partial charge on any atom is 0.129 e. The van der Waals surface area contributed by atoms with Crippen LogP contribution >= 0.6 is 11.6 Å². The van der Waals surface area contributed by atoms with Crippen molar-refractivity contribution in [3.63, 3.8) is 0 Å². The van der Waals surface area contributed by atoms with E-state index in [1.54, 1.807) is 0 Å². The van der Waals surface area contributed by atoms with E-state index in [1.165, 1.54) is 24.8 Å². The topological polar surface area (TPSA) is 16.1 Å². The van der Waals surface area contributed by atoms with E-state index in [0.717, 1.165) is 18.1 Å². The van der Waals surface area contributed by atoms with Crippen LogP contribution < -0.4 is 4.90 Å². The van der Waals surface area contributed by atoms with Crippen molar-refractivity contribution in [3.05, 3.63) is 23.4 Å². The number of hydrogen-bond donors (Lipinski definition) is 0. The third-order valence-corrected chi connectivity index (χ3v) is 3.61. The first-order valence-electron chi connectivity index (χ1n) is 6.04. The molecular formula is C13H19ClN2. The summed E-state index contributed by atoms with van der Waals surface area (Å²) in [4.78, 5) is 7.06. The smallest absolute Gasteiger partial charge is 0.129 e. The molecule has 88 valence electrons. The van der Waals surface area contributed by atoms with Crippen LogP contribution in [0.25, 0.3) is 0 Å². The van der Waals surface area contributed by atoms with Gasteiger partial charge in [-0.25, -0.2) is 4.98 Å². The molecule has 0 aliphatic carbocycles. The number of anilines is 1. The van der Waals surface area contributed by atoms with E-state index in [0.29, 0.717) is 11.9 Å². The molecule has 2 heterocycles. The third-order valence-electron chi connectivity index (χ3n) is 3.30. The van der Waals surface area contributed by atoms with E-state index in [1.807, 2.05) is 6.92 Å². The zero-order chi connectivity index (χ0) is 11.5. The van der Waals surface area contributed by atoms with Crippen LogP contribution in [0.5, 0.6) is 0 Å². The van der Waals surface area contributed by atoms with E-state index in [2.05, 4.69) is 28.9 Å². The molecule has 16 heavy (non-hydrogen) atoms. The Bertz CT molecular complexity index is 365. The Morgan fingerprint density at radius 2 is 2.31 bits per heavy atom. The molecule has 1 aromatic rings. The number of aromatic nitrogens is 1. The van der Waals surface area contributed by atoms with E-state index in [4.69, 9.17) is 11.6 Å². The van der Waals surface area contributed by atoms with Gasteiger partial charge in [0.2, 0.25) is 0 Å². The lowest BCUT2D eigenvalue weighted by Gasteiger charge is -2.25. The highest BCUT2D eigenvalue weighted by Crippen LogP contribution is 2.27. The van der Waals surface area contributed by atoms with E-state index in [-0.39, 0.29) is 0 Å². The summed E-state index contributed by atoms with van der Waals surface area (Å²) in [5.41, 5.74) is 2.24. The van der Waals surface area contributed by atoms with Crippen molar-refractivity contribution in [1.82, 2.24) is 4.98 Å². The van der Waals surface area contributed by atoms with Crippen LogP contribution in [0.1, 0.15) is 37.4 Å². The monoisotopic (exact) mass is 238 g/mol. The SMILES string of the molecule is CCC1CCCN1c1cc(CCl)cc(C)n1. The van der Waals surface area contributed by atoms with Crippen LogP contribution in [0.15, 0.2) is 12.1 Å². The molecule has 1 atom stereocenters. The standard InChI is InChI=1S/C13H19ClN2/c1-3-12-5-4-6-16(12)13-8-11(9-14)7-10(2)15-13/h7-8,12H,3-6,9H2,1-2H3. The van der Waals surface area contributed by atoms with Gasteiger partial charge in [0.1, 0.15) is 5.82 Å². The average molecular weight is 239 g/mol. The molecular weight excluding hydrogens is 220 g/mol. The lowest BCUT2D eigenvalue weighted by Crippen LogP contribution is -2.29. The first kappa shape index (κ1) is 11.7. The highest BCUT2D eigenvalue weighted by molar-refractivity contribution is 6.17. The molecule has 1 unspecified atom stereocenters. The van der Waals surface area contributed by atoms with Gasteiger partial charge in [0.25, 0.3) is 0 Å². The third kappa shape index (κ3) is 2.32. The molecule has 0 spiro atoms. The van der Waals surface area contributed by atoms with E-state index in [9.17, 15) is 0 Å². The van der Waals surface area contributed by atoms with Crippen LogP contribution in [0.3, 0.4) is 0 Å². The zero-order valence-corrected chi connectivity index (χ0v) is 10.8. The molecule has 3 heteroatoms. The number of aryl methyl sites for hydroxylation is 1. The molecule has 1 aliphatic rings. The highest BCUT2D eigenvalue weighted by atomic mass is 35.5. The minimum absolute atomic E-state index is 0.570. The summed E-state index contributed by atoms with van der Waals surface area (Å²) >= 11 is 5.90. The van der Waals surface area contributed by atoms with Crippen molar-refractivity contribution >= 4 is 17.4 Å². The molecule has 0 saturated carbocycles. The van der Waals surface area contributed by atoms with Gasteiger partial charge in [-0.3, -0.25) is 0 Å². The molecule has 0 amide bonds. The number of alkyl halides is 1.